The second-order valence-corrected chi connectivity index (χ2v) is 6.65. The molecule has 1 aromatic carbocycles. The van der Waals surface area contributed by atoms with E-state index in [4.69, 9.17) is 17.0 Å². The predicted octanol–water partition coefficient (Wildman–Crippen LogP) is 5.07. The molecule has 1 fully saturated rings. The molecular formula is C17H24N2OS. The Bertz CT molecular complexity index is 682. The lowest BCUT2D eigenvalue weighted by atomic mass is 10.0. The number of para-hydroxylation sites is 1. The monoisotopic (exact) mass is 304 g/mol. The van der Waals surface area contributed by atoms with Crippen molar-refractivity contribution >= 4 is 23.3 Å². The van der Waals surface area contributed by atoms with Gasteiger partial charge in [-0.2, -0.15) is 0 Å². The van der Waals surface area contributed by atoms with Crippen molar-refractivity contribution in [3.05, 3.63) is 23.0 Å². The quantitative estimate of drug-likeness (QED) is 0.724. The number of hydrogen-bond acceptors (Lipinski definition) is 2. The van der Waals surface area contributed by atoms with Gasteiger partial charge in [-0.1, -0.05) is 26.3 Å². The van der Waals surface area contributed by atoms with E-state index in [1.165, 1.54) is 31.2 Å². The summed E-state index contributed by atoms with van der Waals surface area (Å²) < 4.78 is 8.93. The molecule has 0 unspecified atom stereocenters. The van der Waals surface area contributed by atoms with Crippen molar-refractivity contribution in [3.8, 4) is 5.75 Å². The maximum absolute atomic E-state index is 5.84. The Balaban J connectivity index is 1.96. The van der Waals surface area contributed by atoms with Crippen molar-refractivity contribution in [2.75, 3.05) is 6.61 Å². The molecule has 3 rings (SSSR count). The number of rotatable bonds is 7. The number of H-pyrrole nitrogens is 1. The Labute approximate surface area is 131 Å². The van der Waals surface area contributed by atoms with E-state index >= 15 is 0 Å². The molecule has 1 aliphatic rings. The van der Waals surface area contributed by atoms with Gasteiger partial charge in [0.05, 0.1) is 12.1 Å². The van der Waals surface area contributed by atoms with Crippen LogP contribution in [0.1, 0.15) is 46.0 Å². The molecule has 0 amide bonds. The third-order valence-electron chi connectivity index (χ3n) is 4.46. The van der Waals surface area contributed by atoms with Crippen molar-refractivity contribution in [1.82, 2.24) is 9.55 Å². The minimum Gasteiger partial charge on any atom is -0.491 e. The van der Waals surface area contributed by atoms with Crippen molar-refractivity contribution < 1.29 is 4.74 Å². The van der Waals surface area contributed by atoms with Gasteiger partial charge in [0.15, 0.2) is 4.77 Å². The summed E-state index contributed by atoms with van der Waals surface area (Å²) in [6, 6.07) is 6.22. The lowest BCUT2D eigenvalue weighted by Crippen LogP contribution is -2.11. The zero-order valence-electron chi connectivity index (χ0n) is 12.9. The zero-order chi connectivity index (χ0) is 14.9. The summed E-state index contributed by atoms with van der Waals surface area (Å²) in [5.41, 5.74) is 2.71. The zero-order valence-corrected chi connectivity index (χ0v) is 13.8. The Morgan fingerprint density at radius 1 is 1.29 bits per heavy atom. The predicted molar refractivity (Wildman–Crippen MR) is 89.5 cm³/mol. The smallest absolute Gasteiger partial charge is 0.178 e. The van der Waals surface area contributed by atoms with E-state index in [2.05, 4.69) is 35.5 Å². The first-order chi connectivity index (χ1) is 10.2. The van der Waals surface area contributed by atoms with Gasteiger partial charge in [-0.15, -0.1) is 0 Å². The summed E-state index contributed by atoms with van der Waals surface area (Å²) >= 11 is 5.56. The molecule has 1 saturated carbocycles. The standard InChI is InChI=1S/C17H24N2OS/c1-3-8-17(9-10-17)12-19-13-6-5-7-14(20-11-4-2)15(13)18-16(19)21/h5-7H,3-4,8-12H2,1-2H3,(H,18,21). The van der Waals surface area contributed by atoms with Crippen LogP contribution in [-0.2, 0) is 6.54 Å². The molecule has 0 radical (unpaired) electrons. The van der Waals surface area contributed by atoms with Crippen molar-refractivity contribution in [3.63, 3.8) is 0 Å². The highest BCUT2D eigenvalue weighted by Crippen LogP contribution is 2.51. The summed E-state index contributed by atoms with van der Waals surface area (Å²) in [4.78, 5) is 3.35. The minimum atomic E-state index is 0.488. The number of fused-ring (bicyclic) bond motifs is 1. The molecule has 4 heteroatoms. The maximum Gasteiger partial charge on any atom is 0.178 e. The number of benzene rings is 1. The highest BCUT2D eigenvalue weighted by Gasteiger charge is 2.42. The van der Waals surface area contributed by atoms with Gasteiger partial charge in [-0.05, 0) is 55.4 Å². The Kier molecular flexibility index (Phi) is 4.07. The summed E-state index contributed by atoms with van der Waals surface area (Å²) in [5.74, 6) is 0.916. The van der Waals surface area contributed by atoms with Crippen molar-refractivity contribution in [1.29, 1.82) is 0 Å². The summed E-state index contributed by atoms with van der Waals surface area (Å²) in [7, 11) is 0. The minimum absolute atomic E-state index is 0.488. The van der Waals surface area contributed by atoms with Crippen LogP contribution < -0.4 is 4.74 Å². The van der Waals surface area contributed by atoms with E-state index < -0.39 is 0 Å². The number of ether oxygens (including phenoxy) is 1. The van der Waals surface area contributed by atoms with Gasteiger partial charge in [0.25, 0.3) is 0 Å². The summed E-state index contributed by atoms with van der Waals surface area (Å²) in [6.07, 6.45) is 6.23. The highest BCUT2D eigenvalue weighted by molar-refractivity contribution is 7.71. The van der Waals surface area contributed by atoms with Gasteiger partial charge in [-0.25, -0.2) is 0 Å². The molecule has 0 saturated heterocycles. The third kappa shape index (κ3) is 2.86. The second kappa shape index (κ2) is 5.84. The average molecular weight is 304 g/mol. The molecule has 2 aromatic rings. The first-order valence-electron chi connectivity index (χ1n) is 8.03. The fraction of sp³-hybridized carbons (Fsp3) is 0.588. The third-order valence-corrected chi connectivity index (χ3v) is 4.79. The first-order valence-corrected chi connectivity index (χ1v) is 8.44. The van der Waals surface area contributed by atoms with Gasteiger partial charge in [0.1, 0.15) is 11.3 Å². The molecule has 1 heterocycles. The van der Waals surface area contributed by atoms with Crippen LogP contribution in [0.25, 0.3) is 11.0 Å². The normalized spacial score (nSPS) is 16.3. The average Bonchev–Trinajstić information content (AvgIpc) is 3.16. The van der Waals surface area contributed by atoms with Crippen LogP contribution in [0.2, 0.25) is 0 Å². The molecule has 0 atom stereocenters. The van der Waals surface area contributed by atoms with Crippen LogP contribution in [0.5, 0.6) is 5.75 Å². The van der Waals surface area contributed by atoms with Crippen LogP contribution in [0.3, 0.4) is 0 Å². The lowest BCUT2D eigenvalue weighted by Gasteiger charge is -2.15. The van der Waals surface area contributed by atoms with E-state index in [9.17, 15) is 0 Å². The fourth-order valence-corrected chi connectivity index (χ4v) is 3.44. The maximum atomic E-state index is 5.84. The van der Waals surface area contributed by atoms with Crippen LogP contribution in [0.4, 0.5) is 0 Å². The number of hydrogen-bond donors (Lipinski definition) is 1. The Morgan fingerprint density at radius 2 is 2.10 bits per heavy atom. The van der Waals surface area contributed by atoms with E-state index in [-0.39, 0.29) is 0 Å². The Hall–Kier alpha value is -1.29. The number of aromatic nitrogens is 2. The van der Waals surface area contributed by atoms with Gasteiger partial charge in [-0.3, -0.25) is 0 Å². The van der Waals surface area contributed by atoms with Gasteiger partial charge >= 0.3 is 0 Å². The van der Waals surface area contributed by atoms with E-state index in [0.29, 0.717) is 5.41 Å². The molecule has 21 heavy (non-hydrogen) atoms. The van der Waals surface area contributed by atoms with Crippen LogP contribution in [-0.4, -0.2) is 16.2 Å². The first kappa shape index (κ1) is 14.6. The molecular weight excluding hydrogens is 280 g/mol. The van der Waals surface area contributed by atoms with E-state index in [1.54, 1.807) is 0 Å². The largest absolute Gasteiger partial charge is 0.491 e. The number of nitrogens with zero attached hydrogens (tertiary/aromatic N) is 1. The van der Waals surface area contributed by atoms with Gasteiger partial charge < -0.3 is 14.3 Å². The molecule has 0 aliphatic heterocycles. The van der Waals surface area contributed by atoms with Crippen LogP contribution >= 0.6 is 12.2 Å². The highest BCUT2D eigenvalue weighted by atomic mass is 32.1. The number of aromatic amines is 1. The van der Waals surface area contributed by atoms with Gasteiger partial charge in [0.2, 0.25) is 0 Å². The van der Waals surface area contributed by atoms with Crippen LogP contribution in [0, 0.1) is 10.2 Å². The molecule has 0 spiro atoms. The van der Waals surface area contributed by atoms with Crippen molar-refractivity contribution in [2.45, 2.75) is 52.5 Å². The molecule has 1 aromatic heterocycles. The Morgan fingerprint density at radius 3 is 2.76 bits per heavy atom. The fourth-order valence-electron chi connectivity index (χ4n) is 3.17. The molecule has 1 N–H and O–H groups in total. The van der Waals surface area contributed by atoms with E-state index in [1.807, 2.05) is 6.07 Å². The summed E-state index contributed by atoms with van der Waals surface area (Å²) in [5, 5.41) is 0. The molecule has 1 aliphatic carbocycles. The van der Waals surface area contributed by atoms with Crippen molar-refractivity contribution in [2.24, 2.45) is 5.41 Å². The van der Waals surface area contributed by atoms with Gasteiger partial charge in [0, 0.05) is 6.54 Å². The lowest BCUT2D eigenvalue weighted by molar-refractivity contribution is 0.320. The topological polar surface area (TPSA) is 29.9 Å². The molecule has 3 nitrogen and oxygen atoms in total. The number of imidazole rings is 1. The number of nitrogens with one attached hydrogen (secondary N) is 1. The summed E-state index contributed by atoms with van der Waals surface area (Å²) in [6.45, 7) is 6.17. The van der Waals surface area contributed by atoms with Crippen LogP contribution in [0.15, 0.2) is 18.2 Å². The SMILES string of the molecule is CCCOc1cccc2c1[nH]c(=S)n2CC1(CCC)CC1. The van der Waals surface area contributed by atoms with E-state index in [0.717, 1.165) is 35.6 Å². The molecule has 0 bridgehead atoms. The second-order valence-electron chi connectivity index (χ2n) is 6.27. The molecule has 114 valence electrons.